The van der Waals surface area contributed by atoms with Gasteiger partial charge < -0.3 is 5.32 Å². The molecule has 1 N–H and O–H groups in total. The third-order valence-corrected chi connectivity index (χ3v) is 2.85. The van der Waals surface area contributed by atoms with Crippen LogP contribution in [0.25, 0.3) is 11.1 Å². The quantitative estimate of drug-likeness (QED) is 0.884. The molecule has 0 atom stereocenters. The first-order valence-corrected chi connectivity index (χ1v) is 6.07. The molecule has 0 unspecified atom stereocenters. The van der Waals surface area contributed by atoms with Gasteiger partial charge in [-0.05, 0) is 30.3 Å². The second kappa shape index (κ2) is 5.89. The lowest BCUT2D eigenvalue weighted by molar-refractivity contribution is 0.510. The van der Waals surface area contributed by atoms with Crippen molar-refractivity contribution in [1.29, 1.82) is 0 Å². The molecule has 4 heteroatoms. The zero-order valence-corrected chi connectivity index (χ0v) is 10.5. The summed E-state index contributed by atoms with van der Waals surface area (Å²) in [6.45, 7) is 3.29. The molecule has 2 aromatic rings. The van der Waals surface area contributed by atoms with Gasteiger partial charge in [0.15, 0.2) is 11.6 Å². The van der Waals surface area contributed by atoms with Gasteiger partial charge in [0.05, 0.1) is 0 Å². The molecule has 0 aliphatic carbocycles. The Morgan fingerprint density at radius 1 is 0.947 bits per heavy atom. The zero-order valence-electron chi connectivity index (χ0n) is 10.5. The third-order valence-electron chi connectivity index (χ3n) is 2.85. The van der Waals surface area contributed by atoms with Crippen LogP contribution in [0, 0.1) is 17.5 Å². The molecule has 0 aliphatic rings. The first-order valence-electron chi connectivity index (χ1n) is 6.07. The van der Waals surface area contributed by atoms with Crippen molar-refractivity contribution in [2.75, 3.05) is 6.54 Å². The second-order valence-corrected chi connectivity index (χ2v) is 4.20. The molecule has 0 spiro atoms. The average Bonchev–Trinajstić information content (AvgIpc) is 2.41. The van der Waals surface area contributed by atoms with Gasteiger partial charge >= 0.3 is 0 Å². The summed E-state index contributed by atoms with van der Waals surface area (Å²) in [6.07, 6.45) is 0. The fourth-order valence-corrected chi connectivity index (χ4v) is 1.87. The molecule has 0 radical (unpaired) electrons. The van der Waals surface area contributed by atoms with E-state index in [1.165, 1.54) is 24.3 Å². The number of rotatable bonds is 4. The van der Waals surface area contributed by atoms with Crippen LogP contribution in [0.5, 0.6) is 0 Å². The summed E-state index contributed by atoms with van der Waals surface area (Å²) in [5, 5.41) is 3.10. The average molecular weight is 265 g/mol. The van der Waals surface area contributed by atoms with Gasteiger partial charge in [-0.3, -0.25) is 0 Å². The summed E-state index contributed by atoms with van der Waals surface area (Å²) < 4.78 is 40.7. The standard InChI is InChI=1S/C15H14F3N/c1-2-19-9-10-6-7-13(16)12(8-10)11-4-3-5-14(17)15(11)18/h3-8,19H,2,9H2,1H3. The SMILES string of the molecule is CCNCc1ccc(F)c(-c2cccc(F)c2F)c1. The summed E-state index contributed by atoms with van der Waals surface area (Å²) in [7, 11) is 0. The Labute approximate surface area is 110 Å². The molecule has 0 saturated heterocycles. The predicted molar refractivity (Wildman–Crippen MR) is 69.1 cm³/mol. The van der Waals surface area contributed by atoms with Crippen molar-refractivity contribution >= 4 is 0 Å². The summed E-state index contributed by atoms with van der Waals surface area (Å²) in [6, 6.07) is 8.18. The van der Waals surface area contributed by atoms with Crippen molar-refractivity contribution < 1.29 is 13.2 Å². The molecule has 2 rings (SSSR count). The van der Waals surface area contributed by atoms with E-state index in [1.54, 1.807) is 6.07 Å². The van der Waals surface area contributed by atoms with E-state index in [0.717, 1.165) is 18.2 Å². The number of nitrogens with one attached hydrogen (secondary N) is 1. The van der Waals surface area contributed by atoms with Crippen LogP contribution in [0.3, 0.4) is 0 Å². The highest BCUT2D eigenvalue weighted by Crippen LogP contribution is 2.27. The zero-order chi connectivity index (χ0) is 13.8. The van der Waals surface area contributed by atoms with Crippen LogP contribution >= 0.6 is 0 Å². The molecule has 0 aromatic heterocycles. The van der Waals surface area contributed by atoms with E-state index in [0.29, 0.717) is 6.54 Å². The molecular formula is C15H14F3N. The Kier molecular flexibility index (Phi) is 4.22. The van der Waals surface area contributed by atoms with E-state index in [-0.39, 0.29) is 11.1 Å². The third kappa shape index (κ3) is 2.96. The van der Waals surface area contributed by atoms with E-state index in [1.807, 2.05) is 6.92 Å². The molecule has 0 saturated carbocycles. The fourth-order valence-electron chi connectivity index (χ4n) is 1.87. The lowest BCUT2D eigenvalue weighted by Crippen LogP contribution is -2.11. The van der Waals surface area contributed by atoms with Crippen molar-refractivity contribution in [2.24, 2.45) is 0 Å². The first-order chi connectivity index (χ1) is 9.13. The molecule has 0 aliphatic heterocycles. The Morgan fingerprint density at radius 3 is 2.47 bits per heavy atom. The molecule has 0 amide bonds. The van der Waals surface area contributed by atoms with Crippen molar-refractivity contribution in [3.63, 3.8) is 0 Å². The molecule has 100 valence electrons. The lowest BCUT2D eigenvalue weighted by atomic mass is 10.0. The molecule has 1 nitrogen and oxygen atoms in total. The van der Waals surface area contributed by atoms with E-state index in [2.05, 4.69) is 5.32 Å². The smallest absolute Gasteiger partial charge is 0.166 e. The number of hydrogen-bond donors (Lipinski definition) is 1. The summed E-state index contributed by atoms with van der Waals surface area (Å²) in [4.78, 5) is 0. The van der Waals surface area contributed by atoms with Gasteiger partial charge in [0.25, 0.3) is 0 Å². The Balaban J connectivity index is 2.45. The highest BCUT2D eigenvalue weighted by Gasteiger charge is 2.13. The monoisotopic (exact) mass is 265 g/mol. The maximum absolute atomic E-state index is 13.8. The summed E-state index contributed by atoms with van der Waals surface area (Å²) in [5.74, 6) is -2.57. The Hall–Kier alpha value is -1.81. The molecule has 0 bridgehead atoms. The van der Waals surface area contributed by atoms with Crippen LogP contribution in [0.2, 0.25) is 0 Å². The Bertz CT molecular complexity index is 582. The van der Waals surface area contributed by atoms with Crippen LogP contribution in [0.15, 0.2) is 36.4 Å². The minimum atomic E-state index is -1.03. The highest BCUT2D eigenvalue weighted by atomic mass is 19.2. The van der Waals surface area contributed by atoms with Crippen molar-refractivity contribution in [3.05, 3.63) is 59.4 Å². The molecule has 0 fully saturated rings. The number of benzene rings is 2. The predicted octanol–water partition coefficient (Wildman–Crippen LogP) is 3.88. The van der Waals surface area contributed by atoms with Crippen molar-refractivity contribution in [1.82, 2.24) is 5.32 Å². The van der Waals surface area contributed by atoms with Gasteiger partial charge in [-0.15, -0.1) is 0 Å². The minimum Gasteiger partial charge on any atom is -0.313 e. The van der Waals surface area contributed by atoms with E-state index in [9.17, 15) is 13.2 Å². The molecule has 0 heterocycles. The maximum Gasteiger partial charge on any atom is 0.166 e. The fraction of sp³-hybridized carbons (Fsp3) is 0.200. The van der Waals surface area contributed by atoms with Gasteiger partial charge in [0.1, 0.15) is 5.82 Å². The van der Waals surface area contributed by atoms with Crippen LogP contribution in [0.1, 0.15) is 12.5 Å². The van der Waals surface area contributed by atoms with E-state index >= 15 is 0 Å². The van der Waals surface area contributed by atoms with Crippen LogP contribution in [-0.2, 0) is 6.54 Å². The van der Waals surface area contributed by atoms with Gasteiger partial charge in [-0.2, -0.15) is 0 Å². The Morgan fingerprint density at radius 2 is 1.74 bits per heavy atom. The number of hydrogen-bond acceptors (Lipinski definition) is 1. The van der Waals surface area contributed by atoms with Crippen LogP contribution in [0.4, 0.5) is 13.2 Å². The molecule has 19 heavy (non-hydrogen) atoms. The lowest BCUT2D eigenvalue weighted by Gasteiger charge is -2.09. The maximum atomic E-state index is 13.8. The minimum absolute atomic E-state index is 0.0594. The van der Waals surface area contributed by atoms with Gasteiger partial charge in [-0.1, -0.05) is 25.1 Å². The number of halogens is 3. The highest BCUT2D eigenvalue weighted by molar-refractivity contribution is 5.65. The van der Waals surface area contributed by atoms with Crippen molar-refractivity contribution in [2.45, 2.75) is 13.5 Å². The van der Waals surface area contributed by atoms with E-state index < -0.39 is 17.5 Å². The molecular weight excluding hydrogens is 251 g/mol. The van der Waals surface area contributed by atoms with Crippen molar-refractivity contribution in [3.8, 4) is 11.1 Å². The summed E-state index contributed by atoms with van der Waals surface area (Å²) >= 11 is 0. The van der Waals surface area contributed by atoms with E-state index in [4.69, 9.17) is 0 Å². The van der Waals surface area contributed by atoms with Crippen LogP contribution in [-0.4, -0.2) is 6.54 Å². The topological polar surface area (TPSA) is 12.0 Å². The normalized spacial score (nSPS) is 10.7. The van der Waals surface area contributed by atoms with Gasteiger partial charge in [0.2, 0.25) is 0 Å². The van der Waals surface area contributed by atoms with Gasteiger partial charge in [-0.25, -0.2) is 13.2 Å². The largest absolute Gasteiger partial charge is 0.313 e. The molecule has 2 aromatic carbocycles. The second-order valence-electron chi connectivity index (χ2n) is 4.20. The van der Waals surface area contributed by atoms with Gasteiger partial charge in [0, 0.05) is 17.7 Å². The van der Waals surface area contributed by atoms with Crippen LogP contribution < -0.4 is 5.32 Å². The summed E-state index contributed by atoms with van der Waals surface area (Å²) in [5.41, 5.74) is 0.838. The first kappa shape index (κ1) is 13.6.